The van der Waals surface area contributed by atoms with Crippen LogP contribution in [0.5, 0.6) is 0 Å². The molecule has 1 aliphatic heterocycles. The highest BCUT2D eigenvalue weighted by molar-refractivity contribution is 8.01. The number of carboxylic acid groups (broad SMARTS) is 1. The highest BCUT2D eigenvalue weighted by Crippen LogP contribution is 2.53. The summed E-state index contributed by atoms with van der Waals surface area (Å²) in [4.78, 5) is 16.9. The minimum Gasteiger partial charge on any atom is -0.477 e. The van der Waals surface area contributed by atoms with E-state index in [4.69, 9.17) is 40.2 Å². The van der Waals surface area contributed by atoms with E-state index in [9.17, 15) is 9.90 Å². The molecule has 1 aromatic heterocycles. The van der Waals surface area contributed by atoms with Crippen molar-refractivity contribution in [3.8, 4) is 11.3 Å². The lowest BCUT2D eigenvalue weighted by Crippen LogP contribution is -2.16. The third-order valence-electron chi connectivity index (χ3n) is 5.07. The van der Waals surface area contributed by atoms with Gasteiger partial charge in [-0.2, -0.15) is 0 Å². The summed E-state index contributed by atoms with van der Waals surface area (Å²) in [7, 11) is 0. The van der Waals surface area contributed by atoms with E-state index in [0.29, 0.717) is 25.8 Å². The van der Waals surface area contributed by atoms with Crippen molar-refractivity contribution in [3.63, 3.8) is 0 Å². The van der Waals surface area contributed by atoms with Crippen LogP contribution in [-0.2, 0) is 4.79 Å². The van der Waals surface area contributed by atoms with Crippen molar-refractivity contribution in [2.45, 2.75) is 30.2 Å². The van der Waals surface area contributed by atoms with Crippen molar-refractivity contribution in [1.82, 2.24) is 4.98 Å². The maximum Gasteiger partial charge on any atom is 0.353 e. The first-order chi connectivity index (χ1) is 15.5. The lowest BCUT2D eigenvalue weighted by molar-refractivity contribution is -0.132. The average Bonchev–Trinajstić information content (AvgIpc) is 3.10. The van der Waals surface area contributed by atoms with Crippen LogP contribution in [0.25, 0.3) is 16.8 Å². The molecule has 1 unspecified atom stereocenters. The Kier molecular flexibility index (Phi) is 6.80. The zero-order valence-electron chi connectivity index (χ0n) is 17.7. The first-order valence-electron chi connectivity index (χ1n) is 9.79. The number of allylic oxidation sites excluding steroid dienone is 1. The lowest BCUT2D eigenvalue weighted by Gasteiger charge is -2.21. The molecular formula is C23H18Cl3N3O2S2. The molecule has 0 spiro atoms. The van der Waals surface area contributed by atoms with Crippen LogP contribution in [0.3, 0.4) is 0 Å². The van der Waals surface area contributed by atoms with Crippen molar-refractivity contribution in [2.24, 2.45) is 0 Å². The number of halogens is 3. The molecular weight excluding hydrogens is 521 g/mol. The number of aliphatic carboxylic acids is 1. The van der Waals surface area contributed by atoms with Gasteiger partial charge in [0.15, 0.2) is 5.13 Å². The number of thioether (sulfide) groups is 1. The SMILES string of the molecule is CC(=N)/C(=C(\Nc1nc2c(s1)SC(C)c1cc(Cl)c(Cl)cc1-2)C(=O)O)c1cc(C)cc(Cl)c1. The second-order valence-electron chi connectivity index (χ2n) is 7.59. The zero-order valence-corrected chi connectivity index (χ0v) is 21.6. The molecule has 0 fully saturated rings. The molecule has 1 atom stereocenters. The molecule has 0 bridgehead atoms. The van der Waals surface area contributed by atoms with Crippen LogP contribution in [0.4, 0.5) is 5.13 Å². The summed E-state index contributed by atoms with van der Waals surface area (Å²) in [5, 5.41) is 23.2. The van der Waals surface area contributed by atoms with Crippen LogP contribution in [-0.4, -0.2) is 21.8 Å². The van der Waals surface area contributed by atoms with Gasteiger partial charge in [-0.15, -0.1) is 11.8 Å². The first kappa shape index (κ1) is 24.1. The van der Waals surface area contributed by atoms with Gasteiger partial charge in [-0.3, -0.25) is 0 Å². The molecule has 0 saturated heterocycles. The number of carbonyl (C=O) groups is 1. The molecule has 3 N–H and O–H groups in total. The van der Waals surface area contributed by atoms with E-state index in [-0.39, 0.29) is 22.2 Å². The fourth-order valence-corrected chi connectivity index (χ4v) is 6.81. The third-order valence-corrected chi connectivity index (χ3v) is 8.33. The highest BCUT2D eigenvalue weighted by Gasteiger charge is 2.29. The molecule has 1 aliphatic rings. The van der Waals surface area contributed by atoms with Crippen LogP contribution in [0.1, 0.15) is 35.8 Å². The largest absolute Gasteiger partial charge is 0.477 e. The molecule has 4 rings (SSSR count). The summed E-state index contributed by atoms with van der Waals surface area (Å²) < 4.78 is 0.951. The summed E-state index contributed by atoms with van der Waals surface area (Å²) >= 11 is 21.7. The van der Waals surface area contributed by atoms with Crippen LogP contribution < -0.4 is 5.32 Å². The Balaban J connectivity index is 1.83. The van der Waals surface area contributed by atoms with Gasteiger partial charge in [0.1, 0.15) is 5.70 Å². The summed E-state index contributed by atoms with van der Waals surface area (Å²) in [6.45, 7) is 5.48. The molecule has 5 nitrogen and oxygen atoms in total. The number of fused-ring (bicyclic) bond motifs is 3. The minimum absolute atomic E-state index is 0.0950. The van der Waals surface area contributed by atoms with Crippen LogP contribution in [0.15, 0.2) is 40.2 Å². The van der Waals surface area contributed by atoms with Gasteiger partial charge in [-0.1, -0.05) is 52.2 Å². The number of aromatic nitrogens is 1. The maximum atomic E-state index is 12.3. The minimum atomic E-state index is -1.20. The lowest BCUT2D eigenvalue weighted by atomic mass is 9.98. The van der Waals surface area contributed by atoms with Gasteiger partial charge in [-0.05, 0) is 61.7 Å². The van der Waals surface area contributed by atoms with Crippen molar-refractivity contribution in [1.29, 1.82) is 5.41 Å². The number of aryl methyl sites for hydroxylation is 1. The molecule has 10 heteroatoms. The molecule has 170 valence electrons. The Bertz CT molecular complexity index is 1330. The topological polar surface area (TPSA) is 86.1 Å². The number of anilines is 1. The monoisotopic (exact) mass is 537 g/mol. The Morgan fingerprint density at radius 2 is 1.85 bits per heavy atom. The molecule has 2 aromatic carbocycles. The van der Waals surface area contributed by atoms with Crippen molar-refractivity contribution < 1.29 is 9.90 Å². The van der Waals surface area contributed by atoms with Gasteiger partial charge >= 0.3 is 5.97 Å². The standard InChI is InChI=1S/C23H18Cl3N3O2S2/c1-9-4-12(6-13(24)5-9)18(10(2)27)20(21(30)31)29-23-28-19-15-8-17(26)16(25)7-14(15)11(3)32-22(19)33-23/h4-8,11,27H,1-3H3,(H,28,29)(H,30,31)/b20-18+,27-10?. The molecule has 0 saturated carbocycles. The van der Waals surface area contributed by atoms with Crippen LogP contribution >= 0.6 is 57.9 Å². The van der Waals surface area contributed by atoms with E-state index in [1.165, 1.54) is 11.3 Å². The Morgan fingerprint density at radius 1 is 1.15 bits per heavy atom. The third kappa shape index (κ3) is 4.79. The fourth-order valence-electron chi connectivity index (χ4n) is 3.70. The van der Waals surface area contributed by atoms with E-state index in [2.05, 4.69) is 17.2 Å². The number of nitrogens with zero attached hydrogens (tertiary/aromatic N) is 1. The number of hydrogen-bond acceptors (Lipinski definition) is 6. The fraction of sp³-hybridized carbons (Fsp3) is 0.174. The second kappa shape index (κ2) is 9.31. The Morgan fingerprint density at radius 3 is 2.48 bits per heavy atom. The van der Waals surface area contributed by atoms with Crippen molar-refractivity contribution >= 4 is 80.3 Å². The van der Waals surface area contributed by atoms with Gasteiger partial charge in [0, 0.05) is 27.1 Å². The highest BCUT2D eigenvalue weighted by atomic mass is 35.5. The van der Waals surface area contributed by atoms with Gasteiger partial charge in [-0.25, -0.2) is 9.78 Å². The summed E-state index contributed by atoms with van der Waals surface area (Å²) in [6, 6.07) is 8.88. The van der Waals surface area contributed by atoms with Crippen LogP contribution in [0, 0.1) is 12.3 Å². The summed E-state index contributed by atoms with van der Waals surface area (Å²) in [6.07, 6.45) is 0. The number of rotatable bonds is 5. The van der Waals surface area contributed by atoms with Crippen LogP contribution in [0.2, 0.25) is 15.1 Å². The Labute approximate surface area is 214 Å². The molecule has 33 heavy (non-hydrogen) atoms. The predicted molar refractivity (Wildman–Crippen MR) is 140 cm³/mol. The molecule has 2 heterocycles. The van der Waals surface area contributed by atoms with E-state index in [1.807, 2.05) is 13.0 Å². The number of nitrogens with one attached hydrogen (secondary N) is 2. The number of hydrogen-bond donors (Lipinski definition) is 3. The van der Waals surface area contributed by atoms with Crippen molar-refractivity contribution in [3.05, 3.63) is 67.8 Å². The molecule has 0 radical (unpaired) electrons. The van der Waals surface area contributed by atoms with Gasteiger partial charge in [0.25, 0.3) is 0 Å². The normalized spacial score (nSPS) is 15.4. The predicted octanol–water partition coefficient (Wildman–Crippen LogP) is 8.19. The zero-order chi connectivity index (χ0) is 24.0. The average molecular weight is 539 g/mol. The smallest absolute Gasteiger partial charge is 0.353 e. The number of carboxylic acids is 1. The molecule has 0 aliphatic carbocycles. The van der Waals surface area contributed by atoms with E-state index >= 15 is 0 Å². The first-order valence-corrected chi connectivity index (χ1v) is 12.6. The van der Waals surface area contributed by atoms with E-state index < -0.39 is 5.97 Å². The number of thiazole rings is 1. The van der Waals surface area contributed by atoms with E-state index in [1.54, 1.807) is 43.0 Å². The van der Waals surface area contributed by atoms with Gasteiger partial charge < -0.3 is 15.8 Å². The van der Waals surface area contributed by atoms with Gasteiger partial charge in [0.05, 0.1) is 19.9 Å². The Hall–Kier alpha value is -2.03. The summed E-state index contributed by atoms with van der Waals surface area (Å²) in [5.41, 5.74) is 4.26. The maximum absolute atomic E-state index is 12.3. The quantitative estimate of drug-likeness (QED) is 0.225. The summed E-state index contributed by atoms with van der Waals surface area (Å²) in [5.74, 6) is -1.20. The van der Waals surface area contributed by atoms with Crippen molar-refractivity contribution in [2.75, 3.05) is 5.32 Å². The van der Waals surface area contributed by atoms with E-state index in [0.717, 1.165) is 26.6 Å². The second-order valence-corrected chi connectivity index (χ2v) is 11.5. The molecule has 3 aromatic rings. The number of benzene rings is 2. The van der Waals surface area contributed by atoms with Gasteiger partial charge in [0.2, 0.25) is 0 Å². The molecule has 0 amide bonds.